The van der Waals surface area contributed by atoms with Crippen LogP contribution in [0.4, 0.5) is 11.5 Å². The number of rotatable bonds is 2. The maximum atomic E-state index is 11.9. The van der Waals surface area contributed by atoms with Gasteiger partial charge in [-0.1, -0.05) is 12.1 Å². The number of carbonyl (C=O) groups is 1. The Kier molecular flexibility index (Phi) is 3.14. The first kappa shape index (κ1) is 11.7. The van der Waals surface area contributed by atoms with Crippen LogP contribution in [0, 0.1) is 0 Å². The summed E-state index contributed by atoms with van der Waals surface area (Å²) < 4.78 is 2.27. The lowest BCUT2D eigenvalue weighted by atomic mass is 10.2. The molecule has 0 saturated heterocycles. The van der Waals surface area contributed by atoms with Crippen LogP contribution in [0.2, 0.25) is 0 Å². The molecule has 1 amide bonds. The Hall–Kier alpha value is -1.82. The Morgan fingerprint density at radius 2 is 2.18 bits per heavy atom. The molecule has 0 aliphatic carbocycles. The van der Waals surface area contributed by atoms with E-state index in [2.05, 4.69) is 26.3 Å². The second-order valence-electron chi connectivity index (χ2n) is 3.50. The Morgan fingerprint density at radius 1 is 1.47 bits per heavy atom. The predicted octanol–water partition coefficient (Wildman–Crippen LogP) is 2.02. The predicted molar refractivity (Wildman–Crippen MR) is 69.7 cm³/mol. The molecule has 0 radical (unpaired) electrons. The molecule has 0 atom stereocenters. The molecule has 0 aliphatic heterocycles. The molecule has 0 aliphatic rings. The first-order valence-electron chi connectivity index (χ1n) is 4.93. The van der Waals surface area contributed by atoms with Crippen LogP contribution < -0.4 is 11.1 Å². The average Bonchev–Trinajstić information content (AvgIpc) is 2.63. The third kappa shape index (κ3) is 2.31. The van der Waals surface area contributed by atoms with Crippen molar-refractivity contribution < 1.29 is 4.79 Å². The van der Waals surface area contributed by atoms with Crippen molar-refractivity contribution in [1.82, 2.24) is 9.78 Å². The van der Waals surface area contributed by atoms with Gasteiger partial charge in [0.1, 0.15) is 11.4 Å². The van der Waals surface area contributed by atoms with Gasteiger partial charge < -0.3 is 11.1 Å². The molecule has 88 valence electrons. The molecule has 0 fully saturated rings. The van der Waals surface area contributed by atoms with E-state index in [1.54, 1.807) is 13.1 Å². The Bertz CT molecular complexity index is 564. The van der Waals surface area contributed by atoms with Crippen molar-refractivity contribution in [2.24, 2.45) is 7.05 Å². The zero-order valence-electron chi connectivity index (χ0n) is 9.14. The molecule has 1 aromatic heterocycles. The number of nitrogen functional groups attached to an aromatic ring is 1. The first-order chi connectivity index (χ1) is 8.09. The Morgan fingerprint density at radius 3 is 2.76 bits per heavy atom. The van der Waals surface area contributed by atoms with Crippen LogP contribution in [-0.2, 0) is 7.05 Å². The summed E-state index contributed by atoms with van der Waals surface area (Å²) in [6.07, 6.45) is 1.45. The van der Waals surface area contributed by atoms with Crippen LogP contribution in [-0.4, -0.2) is 15.7 Å². The number of hydrogen-bond donors (Lipinski definition) is 2. The van der Waals surface area contributed by atoms with Crippen LogP contribution in [0.5, 0.6) is 0 Å². The standard InChI is InChI=1S/C11H11BrN4O/c1-16-10(13)7(6-14-16)11(17)15-9-5-3-2-4-8(9)12/h2-6H,13H2,1H3,(H,15,17). The lowest BCUT2D eigenvalue weighted by molar-refractivity contribution is 0.102. The summed E-state index contributed by atoms with van der Waals surface area (Å²) in [5.74, 6) is 0.0667. The van der Waals surface area contributed by atoms with Crippen LogP contribution in [0.15, 0.2) is 34.9 Å². The number of hydrogen-bond acceptors (Lipinski definition) is 3. The molecule has 2 aromatic rings. The first-order valence-corrected chi connectivity index (χ1v) is 5.72. The maximum absolute atomic E-state index is 11.9. The molecule has 0 saturated carbocycles. The van der Waals surface area contributed by atoms with E-state index in [0.717, 1.165) is 4.47 Å². The van der Waals surface area contributed by atoms with Gasteiger partial charge in [0, 0.05) is 11.5 Å². The van der Waals surface area contributed by atoms with Crippen molar-refractivity contribution in [3.8, 4) is 0 Å². The quantitative estimate of drug-likeness (QED) is 0.890. The molecule has 0 unspecified atom stereocenters. The average molecular weight is 295 g/mol. The number of nitrogens with two attached hydrogens (primary N) is 1. The zero-order chi connectivity index (χ0) is 12.4. The monoisotopic (exact) mass is 294 g/mol. The fourth-order valence-corrected chi connectivity index (χ4v) is 1.76. The summed E-state index contributed by atoms with van der Waals surface area (Å²) in [5.41, 5.74) is 6.78. The number of amides is 1. The van der Waals surface area contributed by atoms with Crippen molar-refractivity contribution in [1.29, 1.82) is 0 Å². The second-order valence-corrected chi connectivity index (χ2v) is 4.36. The molecule has 17 heavy (non-hydrogen) atoms. The number of aryl methyl sites for hydroxylation is 1. The summed E-state index contributed by atoms with van der Waals surface area (Å²) in [7, 11) is 1.69. The topological polar surface area (TPSA) is 72.9 Å². The van der Waals surface area contributed by atoms with Crippen LogP contribution in [0.1, 0.15) is 10.4 Å². The fraction of sp³-hybridized carbons (Fsp3) is 0.0909. The molecule has 0 spiro atoms. The van der Waals surface area contributed by atoms with E-state index in [1.807, 2.05) is 18.2 Å². The van der Waals surface area contributed by atoms with Gasteiger partial charge in [-0.25, -0.2) is 0 Å². The van der Waals surface area contributed by atoms with E-state index < -0.39 is 0 Å². The highest BCUT2D eigenvalue weighted by Gasteiger charge is 2.14. The van der Waals surface area contributed by atoms with Gasteiger partial charge in [-0.2, -0.15) is 5.10 Å². The molecule has 0 bridgehead atoms. The number of nitrogens with zero attached hydrogens (tertiary/aromatic N) is 2. The highest BCUT2D eigenvalue weighted by atomic mass is 79.9. The van der Waals surface area contributed by atoms with E-state index in [-0.39, 0.29) is 5.91 Å². The molecule has 1 aromatic carbocycles. The minimum Gasteiger partial charge on any atom is -0.383 e. The summed E-state index contributed by atoms with van der Waals surface area (Å²) in [6.45, 7) is 0. The number of aromatic nitrogens is 2. The summed E-state index contributed by atoms with van der Waals surface area (Å²) >= 11 is 3.35. The highest BCUT2D eigenvalue weighted by molar-refractivity contribution is 9.10. The van der Waals surface area contributed by atoms with Gasteiger partial charge >= 0.3 is 0 Å². The lowest BCUT2D eigenvalue weighted by Gasteiger charge is -2.06. The number of benzene rings is 1. The molecular formula is C11H11BrN4O. The molecule has 2 rings (SSSR count). The molecule has 3 N–H and O–H groups in total. The smallest absolute Gasteiger partial charge is 0.261 e. The summed E-state index contributed by atoms with van der Waals surface area (Å²) in [6, 6.07) is 7.36. The SMILES string of the molecule is Cn1ncc(C(=O)Nc2ccccc2Br)c1N. The second kappa shape index (κ2) is 4.58. The number of carbonyl (C=O) groups excluding carboxylic acids is 1. The van der Waals surface area contributed by atoms with Gasteiger partial charge in [-0.05, 0) is 28.1 Å². The third-order valence-electron chi connectivity index (χ3n) is 2.35. The van der Waals surface area contributed by atoms with Gasteiger partial charge in [-0.15, -0.1) is 0 Å². The van der Waals surface area contributed by atoms with Crippen molar-refractivity contribution in [3.05, 3.63) is 40.5 Å². The van der Waals surface area contributed by atoms with Crippen LogP contribution >= 0.6 is 15.9 Å². The molecule has 6 heteroatoms. The van der Waals surface area contributed by atoms with Gasteiger partial charge in [0.05, 0.1) is 11.9 Å². The Labute approximate surface area is 107 Å². The number of anilines is 2. The van der Waals surface area contributed by atoms with E-state index in [4.69, 9.17) is 5.73 Å². The van der Waals surface area contributed by atoms with Gasteiger partial charge in [0.2, 0.25) is 0 Å². The largest absolute Gasteiger partial charge is 0.383 e. The normalized spacial score (nSPS) is 10.2. The third-order valence-corrected chi connectivity index (χ3v) is 3.04. The van der Waals surface area contributed by atoms with Crippen molar-refractivity contribution >= 4 is 33.3 Å². The van der Waals surface area contributed by atoms with Gasteiger partial charge in [0.15, 0.2) is 0 Å². The van der Waals surface area contributed by atoms with Crippen LogP contribution in [0.3, 0.4) is 0 Å². The molecule has 1 heterocycles. The zero-order valence-corrected chi connectivity index (χ0v) is 10.7. The number of para-hydroxylation sites is 1. The summed E-state index contributed by atoms with van der Waals surface area (Å²) in [4.78, 5) is 11.9. The lowest BCUT2D eigenvalue weighted by Crippen LogP contribution is -2.14. The van der Waals surface area contributed by atoms with Crippen molar-refractivity contribution in [3.63, 3.8) is 0 Å². The highest BCUT2D eigenvalue weighted by Crippen LogP contribution is 2.22. The fourth-order valence-electron chi connectivity index (χ4n) is 1.37. The van der Waals surface area contributed by atoms with Crippen molar-refractivity contribution in [2.75, 3.05) is 11.1 Å². The Balaban J connectivity index is 2.23. The van der Waals surface area contributed by atoms with Crippen LogP contribution in [0.25, 0.3) is 0 Å². The van der Waals surface area contributed by atoms with E-state index in [0.29, 0.717) is 17.1 Å². The number of halogens is 1. The summed E-state index contributed by atoms with van der Waals surface area (Å²) in [5, 5.41) is 6.68. The maximum Gasteiger partial charge on any atom is 0.261 e. The minimum absolute atomic E-state index is 0.275. The van der Waals surface area contributed by atoms with E-state index >= 15 is 0 Å². The van der Waals surface area contributed by atoms with E-state index in [9.17, 15) is 4.79 Å². The number of nitrogens with one attached hydrogen (secondary N) is 1. The minimum atomic E-state index is -0.275. The molecular weight excluding hydrogens is 284 g/mol. The van der Waals surface area contributed by atoms with Gasteiger partial charge in [0.25, 0.3) is 5.91 Å². The van der Waals surface area contributed by atoms with Gasteiger partial charge in [-0.3, -0.25) is 9.48 Å². The van der Waals surface area contributed by atoms with Crippen molar-refractivity contribution in [2.45, 2.75) is 0 Å². The van der Waals surface area contributed by atoms with E-state index in [1.165, 1.54) is 10.9 Å². The molecule has 5 nitrogen and oxygen atoms in total.